The summed E-state index contributed by atoms with van der Waals surface area (Å²) in [5, 5.41) is 6.26. The molecule has 1 saturated heterocycles. The number of amides is 1. The molecule has 0 saturated carbocycles. The molecular formula is C22H22F2N6O2S. The molecule has 0 atom stereocenters. The van der Waals surface area contributed by atoms with Gasteiger partial charge < -0.3 is 20.3 Å². The summed E-state index contributed by atoms with van der Waals surface area (Å²) >= 11 is 1.17. The number of para-hydroxylation sites is 1. The van der Waals surface area contributed by atoms with Gasteiger partial charge in [-0.1, -0.05) is 42.1 Å². The molecule has 0 aliphatic carbocycles. The monoisotopic (exact) mass is 472 g/mol. The molecule has 1 amide bonds. The van der Waals surface area contributed by atoms with Crippen LogP contribution in [0.5, 0.6) is 0 Å². The first kappa shape index (κ1) is 22.9. The third kappa shape index (κ3) is 6.59. The molecular weight excluding hydrogens is 450 g/mol. The molecule has 172 valence electrons. The minimum atomic E-state index is -2.55. The SMILES string of the molecule is O=C(CSc1nc(Nc2ccccc2)nc(N2CCOCC2)n1)Nc1ccc(C(F)F)cc1. The predicted molar refractivity (Wildman–Crippen MR) is 123 cm³/mol. The Kier molecular flexibility index (Phi) is 7.63. The van der Waals surface area contributed by atoms with Gasteiger partial charge in [0.15, 0.2) is 5.16 Å². The lowest BCUT2D eigenvalue weighted by molar-refractivity contribution is -0.113. The van der Waals surface area contributed by atoms with Crippen LogP contribution in [0.4, 0.5) is 32.1 Å². The maximum absolute atomic E-state index is 12.7. The van der Waals surface area contributed by atoms with Crippen molar-refractivity contribution in [3.63, 3.8) is 0 Å². The smallest absolute Gasteiger partial charge is 0.263 e. The van der Waals surface area contributed by atoms with Crippen molar-refractivity contribution in [2.45, 2.75) is 11.6 Å². The fourth-order valence-corrected chi connectivity index (χ4v) is 3.69. The van der Waals surface area contributed by atoms with Crippen LogP contribution in [0, 0.1) is 0 Å². The topological polar surface area (TPSA) is 92.3 Å². The van der Waals surface area contributed by atoms with E-state index < -0.39 is 6.43 Å². The van der Waals surface area contributed by atoms with Crippen molar-refractivity contribution in [2.24, 2.45) is 0 Å². The number of halogens is 2. The van der Waals surface area contributed by atoms with Crippen molar-refractivity contribution in [1.82, 2.24) is 15.0 Å². The lowest BCUT2D eigenvalue weighted by atomic mass is 10.2. The number of benzene rings is 2. The highest BCUT2D eigenvalue weighted by Crippen LogP contribution is 2.23. The van der Waals surface area contributed by atoms with E-state index in [0.29, 0.717) is 49.0 Å². The highest BCUT2D eigenvalue weighted by atomic mass is 32.2. The summed E-state index contributed by atoms with van der Waals surface area (Å²) in [6.45, 7) is 2.49. The lowest BCUT2D eigenvalue weighted by Gasteiger charge is -2.27. The summed E-state index contributed by atoms with van der Waals surface area (Å²) < 4.78 is 30.8. The molecule has 2 heterocycles. The summed E-state index contributed by atoms with van der Waals surface area (Å²) in [4.78, 5) is 27.9. The maximum Gasteiger partial charge on any atom is 0.263 e. The Morgan fingerprint density at radius 3 is 2.42 bits per heavy atom. The largest absolute Gasteiger partial charge is 0.378 e. The van der Waals surface area contributed by atoms with E-state index in [1.165, 1.54) is 36.0 Å². The van der Waals surface area contributed by atoms with Crippen LogP contribution in [0.3, 0.4) is 0 Å². The molecule has 3 aromatic rings. The Morgan fingerprint density at radius 2 is 1.73 bits per heavy atom. The second kappa shape index (κ2) is 11.0. The fraction of sp³-hybridized carbons (Fsp3) is 0.273. The molecule has 0 unspecified atom stereocenters. The van der Waals surface area contributed by atoms with Gasteiger partial charge in [0.05, 0.1) is 19.0 Å². The Hall–Kier alpha value is -3.31. The molecule has 1 aromatic heterocycles. The lowest BCUT2D eigenvalue weighted by Crippen LogP contribution is -2.37. The van der Waals surface area contributed by atoms with E-state index in [0.717, 1.165) is 5.69 Å². The number of rotatable bonds is 8. The first-order valence-electron chi connectivity index (χ1n) is 10.3. The number of aromatic nitrogens is 3. The van der Waals surface area contributed by atoms with Crippen LogP contribution in [-0.2, 0) is 9.53 Å². The van der Waals surface area contributed by atoms with Gasteiger partial charge in [0.2, 0.25) is 17.8 Å². The average molecular weight is 473 g/mol. The third-order valence-electron chi connectivity index (χ3n) is 4.71. The van der Waals surface area contributed by atoms with Gasteiger partial charge in [0.25, 0.3) is 6.43 Å². The van der Waals surface area contributed by atoms with E-state index in [4.69, 9.17) is 4.74 Å². The van der Waals surface area contributed by atoms with E-state index in [2.05, 4.69) is 25.6 Å². The highest BCUT2D eigenvalue weighted by molar-refractivity contribution is 7.99. The predicted octanol–water partition coefficient (Wildman–Crippen LogP) is 4.12. The molecule has 2 aromatic carbocycles. The normalized spacial score (nSPS) is 13.7. The minimum Gasteiger partial charge on any atom is -0.378 e. The minimum absolute atomic E-state index is 0.0495. The Bertz CT molecular complexity index is 1070. The average Bonchev–Trinajstić information content (AvgIpc) is 2.84. The van der Waals surface area contributed by atoms with E-state index in [1.54, 1.807) is 0 Å². The van der Waals surface area contributed by atoms with Crippen molar-refractivity contribution >= 4 is 40.9 Å². The van der Waals surface area contributed by atoms with Crippen molar-refractivity contribution < 1.29 is 18.3 Å². The first-order chi connectivity index (χ1) is 16.1. The number of hydrogen-bond donors (Lipinski definition) is 2. The van der Waals surface area contributed by atoms with Gasteiger partial charge in [-0.05, 0) is 24.3 Å². The molecule has 1 fully saturated rings. The second-order valence-electron chi connectivity index (χ2n) is 7.09. The Balaban J connectivity index is 1.44. The number of morpholine rings is 1. The molecule has 33 heavy (non-hydrogen) atoms. The summed E-state index contributed by atoms with van der Waals surface area (Å²) in [7, 11) is 0. The number of hydrogen-bond acceptors (Lipinski definition) is 8. The molecule has 0 bridgehead atoms. The zero-order chi connectivity index (χ0) is 23.0. The quantitative estimate of drug-likeness (QED) is 0.473. The fourth-order valence-electron chi connectivity index (χ4n) is 3.06. The van der Waals surface area contributed by atoms with Crippen molar-refractivity contribution in [3.05, 3.63) is 60.2 Å². The molecule has 11 heteroatoms. The maximum atomic E-state index is 12.7. The van der Waals surface area contributed by atoms with Gasteiger partial charge in [-0.25, -0.2) is 8.78 Å². The molecule has 1 aliphatic heterocycles. The summed E-state index contributed by atoms with van der Waals surface area (Å²) in [5.74, 6) is 0.643. The number of carbonyl (C=O) groups excluding carboxylic acids is 1. The van der Waals surface area contributed by atoms with Crippen LogP contribution in [0.15, 0.2) is 59.8 Å². The molecule has 0 spiro atoms. The number of carbonyl (C=O) groups is 1. The standard InChI is InChI=1S/C22H22F2N6O2S/c23-19(24)15-6-8-17(9-7-15)25-18(31)14-33-22-28-20(26-16-4-2-1-3-5-16)27-21(29-22)30-10-12-32-13-11-30/h1-9,19H,10-14H2,(H,25,31)(H,26,27,28,29). The first-order valence-corrected chi connectivity index (χ1v) is 11.3. The van der Waals surface area contributed by atoms with Gasteiger partial charge in [-0.3, -0.25) is 4.79 Å². The number of ether oxygens (including phenoxy) is 1. The van der Waals surface area contributed by atoms with E-state index in [9.17, 15) is 13.6 Å². The van der Waals surface area contributed by atoms with E-state index in [-0.39, 0.29) is 17.2 Å². The van der Waals surface area contributed by atoms with Crippen LogP contribution in [0.25, 0.3) is 0 Å². The zero-order valence-electron chi connectivity index (χ0n) is 17.6. The van der Waals surface area contributed by atoms with Crippen molar-refractivity contribution in [2.75, 3.05) is 47.6 Å². The number of anilines is 4. The van der Waals surface area contributed by atoms with Gasteiger partial charge in [0, 0.05) is 30.0 Å². The zero-order valence-corrected chi connectivity index (χ0v) is 18.4. The number of alkyl halides is 2. The summed E-state index contributed by atoms with van der Waals surface area (Å²) in [5.41, 5.74) is 1.18. The van der Waals surface area contributed by atoms with Crippen molar-refractivity contribution in [3.8, 4) is 0 Å². The molecule has 2 N–H and O–H groups in total. The molecule has 0 radical (unpaired) electrons. The van der Waals surface area contributed by atoms with E-state index in [1.807, 2.05) is 35.2 Å². The van der Waals surface area contributed by atoms with Crippen LogP contribution in [-0.4, -0.2) is 52.9 Å². The number of nitrogens with zero attached hydrogens (tertiary/aromatic N) is 4. The summed E-state index contributed by atoms with van der Waals surface area (Å²) in [6, 6.07) is 15.0. The van der Waals surface area contributed by atoms with Crippen LogP contribution in [0.1, 0.15) is 12.0 Å². The van der Waals surface area contributed by atoms with Crippen LogP contribution < -0.4 is 15.5 Å². The van der Waals surface area contributed by atoms with Crippen LogP contribution in [0.2, 0.25) is 0 Å². The Morgan fingerprint density at radius 1 is 1.00 bits per heavy atom. The summed E-state index contributed by atoms with van der Waals surface area (Å²) in [6.07, 6.45) is -2.55. The van der Waals surface area contributed by atoms with Crippen LogP contribution >= 0.6 is 11.8 Å². The molecule has 1 aliphatic rings. The number of nitrogens with one attached hydrogen (secondary N) is 2. The second-order valence-corrected chi connectivity index (χ2v) is 8.03. The number of thioether (sulfide) groups is 1. The van der Waals surface area contributed by atoms with Gasteiger partial charge in [0.1, 0.15) is 0 Å². The van der Waals surface area contributed by atoms with Gasteiger partial charge in [-0.2, -0.15) is 15.0 Å². The highest BCUT2D eigenvalue weighted by Gasteiger charge is 2.18. The third-order valence-corrected chi connectivity index (χ3v) is 5.55. The van der Waals surface area contributed by atoms with Gasteiger partial charge >= 0.3 is 0 Å². The molecule has 4 rings (SSSR count). The Labute approximate surface area is 193 Å². The van der Waals surface area contributed by atoms with E-state index >= 15 is 0 Å². The van der Waals surface area contributed by atoms with Crippen molar-refractivity contribution in [1.29, 1.82) is 0 Å². The van der Waals surface area contributed by atoms with Gasteiger partial charge in [-0.15, -0.1) is 0 Å². The molecule has 8 nitrogen and oxygen atoms in total.